The Balaban J connectivity index is 1.58. The highest BCUT2D eigenvalue weighted by atomic mass is 19.1. The van der Waals surface area contributed by atoms with Gasteiger partial charge in [-0.25, -0.2) is 4.39 Å². The number of nitrogens with zero attached hydrogens (tertiary/aromatic N) is 1. The lowest BCUT2D eigenvalue weighted by Gasteiger charge is -2.17. The van der Waals surface area contributed by atoms with Crippen LogP contribution in [0.5, 0.6) is 5.75 Å². The summed E-state index contributed by atoms with van der Waals surface area (Å²) in [5.74, 6) is -0.318. The molecular formula is C24H23FN2O3. The molecule has 6 heteroatoms. The number of nitrogens with one attached hydrogen (secondary N) is 1. The van der Waals surface area contributed by atoms with Gasteiger partial charge < -0.3 is 15.0 Å². The van der Waals surface area contributed by atoms with E-state index in [1.807, 2.05) is 30.3 Å². The molecular weight excluding hydrogens is 383 g/mol. The number of halogens is 1. The van der Waals surface area contributed by atoms with Crippen LogP contribution < -0.4 is 10.1 Å². The molecule has 4 rings (SSSR count). The summed E-state index contributed by atoms with van der Waals surface area (Å²) in [4.78, 5) is 25.9. The summed E-state index contributed by atoms with van der Waals surface area (Å²) in [6, 6.07) is 16.2. The highest BCUT2D eigenvalue weighted by molar-refractivity contribution is 5.99. The van der Waals surface area contributed by atoms with Crippen molar-refractivity contribution in [2.24, 2.45) is 0 Å². The Labute approximate surface area is 174 Å². The number of fused-ring (bicyclic) bond motifs is 1. The zero-order chi connectivity index (χ0) is 21.3. The third kappa shape index (κ3) is 3.85. The van der Waals surface area contributed by atoms with Gasteiger partial charge in [0.05, 0.1) is 7.11 Å². The van der Waals surface area contributed by atoms with E-state index in [0.29, 0.717) is 24.2 Å². The lowest BCUT2D eigenvalue weighted by molar-refractivity contribution is -0.119. The van der Waals surface area contributed by atoms with Crippen LogP contribution >= 0.6 is 0 Å². The highest BCUT2D eigenvalue weighted by Gasteiger charge is 2.27. The van der Waals surface area contributed by atoms with E-state index in [9.17, 15) is 14.0 Å². The Bertz CT molecular complexity index is 1130. The first-order chi connectivity index (χ1) is 14.5. The number of hydrogen-bond acceptors (Lipinski definition) is 3. The molecule has 1 N–H and O–H groups in total. The van der Waals surface area contributed by atoms with Crippen LogP contribution in [0.4, 0.5) is 4.39 Å². The zero-order valence-corrected chi connectivity index (χ0v) is 16.9. The maximum absolute atomic E-state index is 14.6. The van der Waals surface area contributed by atoms with Gasteiger partial charge in [-0.15, -0.1) is 0 Å². The first-order valence-electron chi connectivity index (χ1n) is 9.89. The largest absolute Gasteiger partial charge is 0.494 e. The van der Waals surface area contributed by atoms with Gasteiger partial charge in [0.1, 0.15) is 0 Å². The van der Waals surface area contributed by atoms with Gasteiger partial charge in [0.15, 0.2) is 11.6 Å². The van der Waals surface area contributed by atoms with Crippen molar-refractivity contribution in [1.29, 1.82) is 0 Å². The number of carbonyl (C=O) groups is 2. The van der Waals surface area contributed by atoms with E-state index in [2.05, 4.69) is 5.32 Å². The first-order valence-corrected chi connectivity index (χ1v) is 9.89. The van der Waals surface area contributed by atoms with E-state index in [1.165, 1.54) is 14.0 Å². The third-order valence-electron chi connectivity index (χ3n) is 5.46. The predicted molar refractivity (Wildman–Crippen MR) is 114 cm³/mol. The second-order valence-electron chi connectivity index (χ2n) is 7.54. The molecule has 3 aromatic carbocycles. The van der Waals surface area contributed by atoms with Crippen LogP contribution in [0.2, 0.25) is 0 Å². The van der Waals surface area contributed by atoms with Gasteiger partial charge in [0.2, 0.25) is 5.91 Å². The second kappa shape index (κ2) is 8.14. The molecule has 0 bridgehead atoms. The summed E-state index contributed by atoms with van der Waals surface area (Å²) in [5.41, 5.74) is 1.82. The Kier molecular flexibility index (Phi) is 5.40. The van der Waals surface area contributed by atoms with Gasteiger partial charge in [-0.1, -0.05) is 30.3 Å². The normalized spacial score (nSPS) is 16.0. The lowest BCUT2D eigenvalue weighted by atomic mass is 9.99. The van der Waals surface area contributed by atoms with E-state index in [1.54, 1.807) is 29.2 Å². The minimum absolute atomic E-state index is 0.00669. The van der Waals surface area contributed by atoms with Crippen LogP contribution in [0.15, 0.2) is 54.6 Å². The van der Waals surface area contributed by atoms with Crippen molar-refractivity contribution < 1.29 is 18.7 Å². The second-order valence-corrected chi connectivity index (χ2v) is 7.54. The van der Waals surface area contributed by atoms with Crippen molar-refractivity contribution in [2.45, 2.75) is 19.4 Å². The van der Waals surface area contributed by atoms with Crippen LogP contribution in [-0.4, -0.2) is 43.0 Å². The molecule has 1 heterocycles. The lowest BCUT2D eigenvalue weighted by Crippen LogP contribution is -2.37. The number of benzene rings is 3. The monoisotopic (exact) mass is 406 g/mol. The summed E-state index contributed by atoms with van der Waals surface area (Å²) >= 11 is 0. The number of ether oxygens (including phenoxy) is 1. The molecule has 1 atom stereocenters. The highest BCUT2D eigenvalue weighted by Crippen LogP contribution is 2.31. The molecule has 0 saturated carbocycles. The Morgan fingerprint density at radius 1 is 1.10 bits per heavy atom. The maximum atomic E-state index is 14.6. The SMILES string of the molecule is COc1cccc(-c2ccc3cc(C(=O)N4CCC(NC(C)=O)C4)ccc3c2)c1F. The van der Waals surface area contributed by atoms with Gasteiger partial charge in [0.25, 0.3) is 5.91 Å². The summed E-state index contributed by atoms with van der Waals surface area (Å²) in [5, 5.41) is 4.70. The molecule has 154 valence electrons. The van der Waals surface area contributed by atoms with E-state index < -0.39 is 5.82 Å². The molecule has 2 amide bonds. The van der Waals surface area contributed by atoms with Gasteiger partial charge in [-0.2, -0.15) is 0 Å². The van der Waals surface area contributed by atoms with Crippen LogP contribution in [0.25, 0.3) is 21.9 Å². The smallest absolute Gasteiger partial charge is 0.253 e. The van der Waals surface area contributed by atoms with Crippen LogP contribution in [-0.2, 0) is 4.79 Å². The van der Waals surface area contributed by atoms with Crippen LogP contribution in [0, 0.1) is 5.82 Å². The van der Waals surface area contributed by atoms with Crippen LogP contribution in [0.3, 0.4) is 0 Å². The standard InChI is InChI=1S/C24H23FN2O3/c1-15(28)26-20-10-11-27(14-20)24(29)19-9-7-16-12-18(8-6-17(16)13-19)21-4-3-5-22(30-2)23(21)25/h3-9,12-13,20H,10-11,14H2,1-2H3,(H,26,28). The molecule has 1 aliphatic heterocycles. The third-order valence-corrected chi connectivity index (χ3v) is 5.46. The summed E-state index contributed by atoms with van der Waals surface area (Å²) in [6.07, 6.45) is 0.758. The minimum atomic E-state index is -0.395. The fraction of sp³-hybridized carbons (Fsp3) is 0.250. The molecule has 1 fully saturated rings. The van der Waals surface area contributed by atoms with Crippen molar-refractivity contribution in [2.75, 3.05) is 20.2 Å². The molecule has 1 saturated heterocycles. The van der Waals surface area contributed by atoms with Gasteiger partial charge >= 0.3 is 0 Å². The van der Waals surface area contributed by atoms with Crippen molar-refractivity contribution >= 4 is 22.6 Å². The quantitative estimate of drug-likeness (QED) is 0.712. The van der Waals surface area contributed by atoms with E-state index in [-0.39, 0.29) is 23.6 Å². The zero-order valence-electron chi connectivity index (χ0n) is 16.9. The minimum Gasteiger partial charge on any atom is -0.494 e. The Hall–Kier alpha value is -3.41. The number of carbonyl (C=O) groups excluding carboxylic acids is 2. The topological polar surface area (TPSA) is 58.6 Å². The molecule has 0 radical (unpaired) electrons. The number of methoxy groups -OCH3 is 1. The van der Waals surface area contributed by atoms with Crippen molar-refractivity contribution in [3.8, 4) is 16.9 Å². The van der Waals surface area contributed by atoms with Gasteiger partial charge in [-0.05, 0) is 47.0 Å². The molecule has 3 aromatic rings. The number of amides is 2. The molecule has 0 aliphatic carbocycles. The summed E-state index contributed by atoms with van der Waals surface area (Å²) in [6.45, 7) is 2.62. The molecule has 1 aliphatic rings. The van der Waals surface area contributed by atoms with E-state index >= 15 is 0 Å². The molecule has 30 heavy (non-hydrogen) atoms. The first kappa shape index (κ1) is 19.9. The van der Waals surface area contributed by atoms with E-state index in [0.717, 1.165) is 22.8 Å². The van der Waals surface area contributed by atoms with E-state index in [4.69, 9.17) is 4.74 Å². The van der Waals surface area contributed by atoms with Crippen molar-refractivity contribution in [3.63, 3.8) is 0 Å². The average Bonchev–Trinajstić information content (AvgIpc) is 3.20. The fourth-order valence-corrected chi connectivity index (χ4v) is 3.97. The predicted octanol–water partition coefficient (Wildman–Crippen LogP) is 4.01. The van der Waals surface area contributed by atoms with Crippen LogP contribution in [0.1, 0.15) is 23.7 Å². The Morgan fingerprint density at radius 3 is 2.63 bits per heavy atom. The maximum Gasteiger partial charge on any atom is 0.253 e. The van der Waals surface area contributed by atoms with Crippen molar-refractivity contribution in [3.05, 3.63) is 66.0 Å². The molecule has 5 nitrogen and oxygen atoms in total. The number of hydrogen-bond donors (Lipinski definition) is 1. The molecule has 0 aromatic heterocycles. The summed E-state index contributed by atoms with van der Waals surface area (Å²) < 4.78 is 19.7. The van der Waals surface area contributed by atoms with Gasteiger partial charge in [-0.3, -0.25) is 9.59 Å². The molecule has 0 spiro atoms. The number of likely N-dealkylation sites (tertiary alicyclic amines) is 1. The van der Waals surface area contributed by atoms with Gasteiger partial charge in [0, 0.05) is 37.2 Å². The summed E-state index contributed by atoms with van der Waals surface area (Å²) in [7, 11) is 1.44. The fourth-order valence-electron chi connectivity index (χ4n) is 3.97. The number of rotatable bonds is 4. The average molecular weight is 406 g/mol. The molecule has 1 unspecified atom stereocenters. The van der Waals surface area contributed by atoms with Crippen molar-refractivity contribution in [1.82, 2.24) is 10.2 Å². The Morgan fingerprint density at radius 2 is 1.87 bits per heavy atom.